The lowest BCUT2D eigenvalue weighted by Gasteiger charge is -2.35. The zero-order valence-electron chi connectivity index (χ0n) is 12.8. The van der Waals surface area contributed by atoms with Gasteiger partial charge in [0.25, 0.3) is 0 Å². The van der Waals surface area contributed by atoms with Gasteiger partial charge in [0.1, 0.15) is 0 Å². The van der Waals surface area contributed by atoms with Crippen LogP contribution in [0.15, 0.2) is 0 Å². The fraction of sp³-hybridized carbons (Fsp3) is 1.00. The Morgan fingerprint density at radius 2 is 1.31 bits per heavy atom. The molecule has 0 saturated carbocycles. The molecule has 0 aromatic carbocycles. The molecule has 0 aliphatic carbocycles. The van der Waals surface area contributed by atoms with Crippen LogP contribution < -0.4 is 0 Å². The summed E-state index contributed by atoms with van der Waals surface area (Å²) in [7, 11) is 0. The first-order valence-electron chi connectivity index (χ1n) is 7.44. The van der Waals surface area contributed by atoms with Crippen molar-refractivity contribution < 1.29 is 0 Å². The molecule has 0 spiro atoms. The standard InChI is InChI=1S/C16H34/c1-8-13(5)15(9-2)14(6)12-16(7,10-3)11-4/h13-15H,8-12H2,1-7H3. The Morgan fingerprint density at radius 3 is 1.62 bits per heavy atom. The Bertz CT molecular complexity index is 167. The van der Waals surface area contributed by atoms with Crippen LogP contribution in [0.1, 0.15) is 80.6 Å². The van der Waals surface area contributed by atoms with Gasteiger partial charge in [-0.05, 0) is 29.6 Å². The molecule has 98 valence electrons. The van der Waals surface area contributed by atoms with Gasteiger partial charge in [0.05, 0.1) is 0 Å². The van der Waals surface area contributed by atoms with E-state index in [0.29, 0.717) is 5.41 Å². The van der Waals surface area contributed by atoms with E-state index < -0.39 is 0 Å². The molecule has 0 saturated heterocycles. The van der Waals surface area contributed by atoms with Crippen molar-refractivity contribution >= 4 is 0 Å². The molecule has 3 unspecified atom stereocenters. The molecule has 0 N–H and O–H groups in total. The third-order valence-electron chi connectivity index (χ3n) is 5.10. The topological polar surface area (TPSA) is 0 Å². The fourth-order valence-electron chi connectivity index (χ4n) is 3.14. The Morgan fingerprint density at radius 1 is 0.812 bits per heavy atom. The monoisotopic (exact) mass is 226 g/mol. The van der Waals surface area contributed by atoms with Crippen LogP contribution in [-0.2, 0) is 0 Å². The maximum absolute atomic E-state index is 2.48. The molecule has 0 bridgehead atoms. The average Bonchev–Trinajstić information content (AvgIpc) is 2.29. The molecule has 0 aliphatic rings. The molecule has 16 heavy (non-hydrogen) atoms. The molecule has 3 atom stereocenters. The highest BCUT2D eigenvalue weighted by atomic mass is 14.3. The lowest BCUT2D eigenvalue weighted by atomic mass is 9.70. The summed E-state index contributed by atoms with van der Waals surface area (Å²) >= 11 is 0. The molecule has 0 aromatic rings. The van der Waals surface area contributed by atoms with Crippen molar-refractivity contribution in [2.75, 3.05) is 0 Å². The largest absolute Gasteiger partial charge is 0.0651 e. The van der Waals surface area contributed by atoms with Crippen molar-refractivity contribution in [1.82, 2.24) is 0 Å². The predicted octanol–water partition coefficient (Wildman–Crippen LogP) is 5.91. The van der Waals surface area contributed by atoms with Gasteiger partial charge >= 0.3 is 0 Å². The minimum Gasteiger partial charge on any atom is -0.0651 e. The Kier molecular flexibility index (Phi) is 7.35. The molecular formula is C16H34. The Balaban J connectivity index is 4.46. The SMILES string of the molecule is CCC(C)C(CC)C(C)CC(C)(CC)CC. The first kappa shape index (κ1) is 16.0. The van der Waals surface area contributed by atoms with Crippen LogP contribution in [0.4, 0.5) is 0 Å². The molecule has 0 fully saturated rings. The van der Waals surface area contributed by atoms with Crippen molar-refractivity contribution in [3.8, 4) is 0 Å². The van der Waals surface area contributed by atoms with Gasteiger partial charge in [-0.25, -0.2) is 0 Å². The minimum atomic E-state index is 0.570. The van der Waals surface area contributed by atoms with Crippen molar-refractivity contribution in [3.05, 3.63) is 0 Å². The van der Waals surface area contributed by atoms with Gasteiger partial charge in [-0.3, -0.25) is 0 Å². The lowest BCUT2D eigenvalue weighted by molar-refractivity contribution is 0.150. The van der Waals surface area contributed by atoms with E-state index in [1.165, 1.54) is 32.1 Å². The van der Waals surface area contributed by atoms with Gasteiger partial charge in [0, 0.05) is 0 Å². The van der Waals surface area contributed by atoms with Gasteiger partial charge in [-0.15, -0.1) is 0 Å². The van der Waals surface area contributed by atoms with Gasteiger partial charge in [-0.2, -0.15) is 0 Å². The maximum Gasteiger partial charge on any atom is -0.0328 e. The summed E-state index contributed by atoms with van der Waals surface area (Å²) in [5.41, 5.74) is 0.570. The highest BCUT2D eigenvalue weighted by molar-refractivity contribution is 4.79. The van der Waals surface area contributed by atoms with Crippen molar-refractivity contribution in [1.29, 1.82) is 0 Å². The second kappa shape index (κ2) is 7.35. The van der Waals surface area contributed by atoms with Crippen LogP contribution >= 0.6 is 0 Å². The minimum absolute atomic E-state index is 0.570. The van der Waals surface area contributed by atoms with Crippen LogP contribution in [0, 0.1) is 23.2 Å². The first-order chi connectivity index (χ1) is 7.44. The molecule has 0 heteroatoms. The molecule has 0 heterocycles. The van der Waals surface area contributed by atoms with Gasteiger partial charge in [0.15, 0.2) is 0 Å². The molecule has 0 nitrogen and oxygen atoms in total. The van der Waals surface area contributed by atoms with Crippen molar-refractivity contribution in [2.45, 2.75) is 80.6 Å². The summed E-state index contributed by atoms with van der Waals surface area (Å²) in [6.07, 6.45) is 6.73. The predicted molar refractivity (Wildman–Crippen MR) is 75.7 cm³/mol. The second-order valence-electron chi connectivity index (χ2n) is 6.16. The normalized spacial score (nSPS) is 18.2. The van der Waals surface area contributed by atoms with E-state index in [1.54, 1.807) is 0 Å². The zero-order valence-corrected chi connectivity index (χ0v) is 12.8. The molecule has 0 radical (unpaired) electrons. The van der Waals surface area contributed by atoms with E-state index in [-0.39, 0.29) is 0 Å². The van der Waals surface area contributed by atoms with E-state index in [0.717, 1.165) is 17.8 Å². The average molecular weight is 226 g/mol. The van der Waals surface area contributed by atoms with Crippen LogP contribution in [0.5, 0.6) is 0 Å². The van der Waals surface area contributed by atoms with E-state index >= 15 is 0 Å². The van der Waals surface area contributed by atoms with Crippen LogP contribution in [-0.4, -0.2) is 0 Å². The van der Waals surface area contributed by atoms with Crippen LogP contribution in [0.2, 0.25) is 0 Å². The second-order valence-corrected chi connectivity index (χ2v) is 6.16. The maximum atomic E-state index is 2.48. The number of hydrogen-bond donors (Lipinski definition) is 0. The highest BCUT2D eigenvalue weighted by Crippen LogP contribution is 2.39. The van der Waals surface area contributed by atoms with Crippen LogP contribution in [0.3, 0.4) is 0 Å². The van der Waals surface area contributed by atoms with Gasteiger partial charge in [-0.1, -0.05) is 74.1 Å². The van der Waals surface area contributed by atoms with E-state index in [2.05, 4.69) is 48.5 Å². The highest BCUT2D eigenvalue weighted by Gasteiger charge is 2.28. The molecule has 0 rings (SSSR count). The summed E-state index contributed by atoms with van der Waals surface area (Å²) in [6, 6.07) is 0. The fourth-order valence-corrected chi connectivity index (χ4v) is 3.14. The smallest absolute Gasteiger partial charge is 0.0328 e. The molecule has 0 aromatic heterocycles. The van der Waals surface area contributed by atoms with E-state index in [9.17, 15) is 0 Å². The quantitative estimate of drug-likeness (QED) is 0.482. The van der Waals surface area contributed by atoms with E-state index in [4.69, 9.17) is 0 Å². The van der Waals surface area contributed by atoms with Crippen LogP contribution in [0.25, 0.3) is 0 Å². The Hall–Kier alpha value is 0. The summed E-state index contributed by atoms with van der Waals surface area (Å²) < 4.78 is 0. The first-order valence-corrected chi connectivity index (χ1v) is 7.44. The summed E-state index contributed by atoms with van der Waals surface area (Å²) in [6.45, 7) is 16.8. The lowest BCUT2D eigenvalue weighted by Crippen LogP contribution is -2.25. The number of rotatable bonds is 8. The number of hydrogen-bond acceptors (Lipinski definition) is 0. The third-order valence-corrected chi connectivity index (χ3v) is 5.10. The zero-order chi connectivity index (χ0) is 12.8. The van der Waals surface area contributed by atoms with E-state index in [1.807, 2.05) is 0 Å². The van der Waals surface area contributed by atoms with Crippen molar-refractivity contribution in [2.24, 2.45) is 23.2 Å². The summed E-state index contributed by atoms with van der Waals surface area (Å²) in [4.78, 5) is 0. The summed E-state index contributed by atoms with van der Waals surface area (Å²) in [5, 5.41) is 0. The molecular weight excluding hydrogens is 192 g/mol. The summed E-state index contributed by atoms with van der Waals surface area (Å²) in [5.74, 6) is 2.69. The van der Waals surface area contributed by atoms with Gasteiger partial charge < -0.3 is 0 Å². The molecule has 0 amide bonds. The van der Waals surface area contributed by atoms with Crippen molar-refractivity contribution in [3.63, 3.8) is 0 Å². The van der Waals surface area contributed by atoms with Gasteiger partial charge in [0.2, 0.25) is 0 Å². The Labute approximate surface area is 104 Å². The molecule has 0 aliphatic heterocycles. The third kappa shape index (κ3) is 4.47.